The van der Waals surface area contributed by atoms with Gasteiger partial charge in [-0.2, -0.15) is 0 Å². The summed E-state index contributed by atoms with van der Waals surface area (Å²) in [6.45, 7) is 16.3. The second kappa shape index (κ2) is 16.2. The van der Waals surface area contributed by atoms with Crippen LogP contribution in [0.2, 0.25) is 10.0 Å². The van der Waals surface area contributed by atoms with Crippen LogP contribution in [-0.4, -0.2) is 0 Å². The molecular formula is C34H34Cl2. The zero-order chi connectivity index (χ0) is 27.1. The fraction of sp³-hybridized carbons (Fsp3) is 0.118. The molecule has 0 fully saturated rings. The standard InChI is InChI=1S/C18H18.2C7H7Cl.C2H2/c1-5-16-12-18(11-8-14(16)3)15(4)17-9-6-13(2)7-10-17;2*1-6-2-4-7(8)5-3-6;1-2/h5-12H,1,4H2,2-3H3;2*2-5H,1H3;1-2H. The molecule has 0 heterocycles. The van der Waals surface area contributed by atoms with Gasteiger partial charge < -0.3 is 0 Å². The van der Waals surface area contributed by atoms with E-state index in [2.05, 4.69) is 82.3 Å². The van der Waals surface area contributed by atoms with Crippen molar-refractivity contribution in [2.75, 3.05) is 0 Å². The summed E-state index contributed by atoms with van der Waals surface area (Å²) in [7, 11) is 0. The fourth-order valence-corrected chi connectivity index (χ4v) is 3.29. The SMILES string of the molecule is C#C.C=Cc1cc(C(=C)c2ccc(C)cc2)ccc1C.Cc1ccc(Cl)cc1.Cc1ccc(Cl)cc1. The Bertz CT molecular complexity index is 1160. The molecule has 0 unspecified atom stereocenters. The van der Waals surface area contributed by atoms with E-state index in [1.807, 2.05) is 68.5 Å². The smallest absolute Gasteiger partial charge is 0.0406 e. The second-order valence-electron chi connectivity index (χ2n) is 8.21. The summed E-state index contributed by atoms with van der Waals surface area (Å²) in [5, 5.41) is 1.60. The van der Waals surface area contributed by atoms with Crippen LogP contribution in [0.25, 0.3) is 11.6 Å². The van der Waals surface area contributed by atoms with Crippen LogP contribution in [0, 0.1) is 40.5 Å². The maximum absolute atomic E-state index is 5.61. The maximum Gasteiger partial charge on any atom is 0.0406 e. The Morgan fingerprint density at radius 3 is 1.33 bits per heavy atom. The summed E-state index contributed by atoms with van der Waals surface area (Å²) in [4.78, 5) is 0. The van der Waals surface area contributed by atoms with Gasteiger partial charge in [-0.05, 0) is 85.9 Å². The van der Waals surface area contributed by atoms with Crippen LogP contribution in [0.4, 0.5) is 0 Å². The van der Waals surface area contributed by atoms with Crippen molar-refractivity contribution < 1.29 is 0 Å². The third-order valence-electron chi connectivity index (χ3n) is 5.27. The highest BCUT2D eigenvalue weighted by Crippen LogP contribution is 2.24. The zero-order valence-electron chi connectivity index (χ0n) is 21.6. The van der Waals surface area contributed by atoms with Crippen LogP contribution in [0.15, 0.2) is 104 Å². The molecule has 0 atom stereocenters. The van der Waals surface area contributed by atoms with E-state index in [4.69, 9.17) is 23.2 Å². The van der Waals surface area contributed by atoms with Crippen LogP contribution in [0.5, 0.6) is 0 Å². The number of hydrogen-bond acceptors (Lipinski definition) is 0. The lowest BCUT2D eigenvalue weighted by atomic mass is 9.95. The highest BCUT2D eigenvalue weighted by molar-refractivity contribution is 6.30. The van der Waals surface area contributed by atoms with Gasteiger partial charge in [0.25, 0.3) is 0 Å². The number of terminal acetylenes is 1. The number of halogens is 2. The topological polar surface area (TPSA) is 0 Å². The first-order valence-corrected chi connectivity index (χ1v) is 12.2. The zero-order valence-corrected chi connectivity index (χ0v) is 23.1. The number of hydrogen-bond donors (Lipinski definition) is 0. The van der Waals surface area contributed by atoms with Crippen molar-refractivity contribution in [3.63, 3.8) is 0 Å². The van der Waals surface area contributed by atoms with Crippen molar-refractivity contribution in [3.05, 3.63) is 153 Å². The Balaban J connectivity index is 0.000000298. The summed E-state index contributed by atoms with van der Waals surface area (Å²) in [6, 6.07) is 30.3. The lowest BCUT2D eigenvalue weighted by Gasteiger charge is -2.09. The summed E-state index contributed by atoms with van der Waals surface area (Å²) < 4.78 is 0. The molecule has 0 spiro atoms. The van der Waals surface area contributed by atoms with E-state index in [-0.39, 0.29) is 0 Å². The summed E-state index contributed by atoms with van der Waals surface area (Å²) >= 11 is 11.2. The highest BCUT2D eigenvalue weighted by atomic mass is 35.5. The number of aryl methyl sites for hydroxylation is 4. The van der Waals surface area contributed by atoms with Crippen molar-refractivity contribution in [2.45, 2.75) is 27.7 Å². The van der Waals surface area contributed by atoms with Gasteiger partial charge in [-0.25, -0.2) is 0 Å². The summed E-state index contributed by atoms with van der Waals surface area (Å²) in [5.74, 6) is 0. The van der Waals surface area contributed by atoms with Crippen LogP contribution < -0.4 is 0 Å². The molecule has 0 saturated carbocycles. The monoisotopic (exact) mass is 512 g/mol. The summed E-state index contributed by atoms with van der Waals surface area (Å²) in [5.41, 5.74) is 9.54. The molecule has 4 aromatic carbocycles. The molecule has 4 aromatic rings. The molecule has 0 aliphatic rings. The molecule has 0 aliphatic heterocycles. The highest BCUT2D eigenvalue weighted by Gasteiger charge is 2.04. The quantitative estimate of drug-likeness (QED) is 0.239. The molecule has 0 amide bonds. The van der Waals surface area contributed by atoms with Gasteiger partial charge in [-0.15, -0.1) is 12.8 Å². The van der Waals surface area contributed by atoms with Gasteiger partial charge in [-0.3, -0.25) is 0 Å². The summed E-state index contributed by atoms with van der Waals surface area (Å²) in [6.07, 6.45) is 9.89. The van der Waals surface area contributed by atoms with E-state index < -0.39 is 0 Å². The predicted octanol–water partition coefficient (Wildman–Crippen LogP) is 10.6. The lowest BCUT2D eigenvalue weighted by molar-refractivity contribution is 1.41. The molecule has 0 nitrogen and oxygen atoms in total. The minimum atomic E-state index is 0.801. The molecular weight excluding hydrogens is 479 g/mol. The normalized spacial score (nSPS) is 9.22. The van der Waals surface area contributed by atoms with Gasteiger partial charge >= 0.3 is 0 Å². The average Bonchev–Trinajstić information content (AvgIpc) is 2.90. The Morgan fingerprint density at radius 1 is 0.611 bits per heavy atom. The van der Waals surface area contributed by atoms with Gasteiger partial charge in [0.2, 0.25) is 0 Å². The molecule has 0 saturated heterocycles. The van der Waals surface area contributed by atoms with Crippen molar-refractivity contribution >= 4 is 34.9 Å². The molecule has 4 rings (SSSR count). The van der Waals surface area contributed by atoms with E-state index in [9.17, 15) is 0 Å². The van der Waals surface area contributed by atoms with Gasteiger partial charge in [0.05, 0.1) is 0 Å². The molecule has 0 aliphatic carbocycles. The molecule has 0 bridgehead atoms. The third kappa shape index (κ3) is 10.8. The van der Waals surface area contributed by atoms with Crippen LogP contribution >= 0.6 is 23.2 Å². The molecule has 0 N–H and O–H groups in total. The average molecular weight is 514 g/mol. The second-order valence-corrected chi connectivity index (χ2v) is 9.08. The van der Waals surface area contributed by atoms with Crippen LogP contribution in [0.1, 0.15) is 38.9 Å². The van der Waals surface area contributed by atoms with E-state index >= 15 is 0 Å². The van der Waals surface area contributed by atoms with E-state index in [0.29, 0.717) is 0 Å². The number of rotatable bonds is 3. The largest absolute Gasteiger partial charge is 0.124 e. The van der Waals surface area contributed by atoms with Crippen molar-refractivity contribution in [1.29, 1.82) is 0 Å². The van der Waals surface area contributed by atoms with Crippen molar-refractivity contribution in [2.24, 2.45) is 0 Å². The maximum atomic E-state index is 5.61. The minimum Gasteiger partial charge on any atom is -0.124 e. The molecule has 36 heavy (non-hydrogen) atoms. The minimum absolute atomic E-state index is 0.801. The first-order chi connectivity index (χ1) is 17.2. The van der Waals surface area contributed by atoms with Crippen LogP contribution in [0.3, 0.4) is 0 Å². The predicted molar refractivity (Wildman–Crippen MR) is 163 cm³/mol. The Morgan fingerprint density at radius 2 is 0.972 bits per heavy atom. The van der Waals surface area contributed by atoms with E-state index in [0.717, 1.165) is 21.2 Å². The van der Waals surface area contributed by atoms with Crippen molar-refractivity contribution in [1.82, 2.24) is 0 Å². The molecule has 2 heteroatoms. The first kappa shape index (κ1) is 30.5. The lowest BCUT2D eigenvalue weighted by Crippen LogP contribution is -1.89. The van der Waals surface area contributed by atoms with E-state index in [1.165, 1.54) is 33.4 Å². The third-order valence-corrected chi connectivity index (χ3v) is 5.77. The Kier molecular flexibility index (Phi) is 13.8. The van der Waals surface area contributed by atoms with Gasteiger partial charge in [-0.1, -0.05) is 120 Å². The molecule has 0 aromatic heterocycles. The van der Waals surface area contributed by atoms with Gasteiger partial charge in [0.1, 0.15) is 0 Å². The van der Waals surface area contributed by atoms with Gasteiger partial charge in [0, 0.05) is 10.0 Å². The Labute approximate surface area is 227 Å². The number of benzene rings is 4. The Hall–Kier alpha value is -3.50. The first-order valence-electron chi connectivity index (χ1n) is 11.5. The molecule has 184 valence electrons. The van der Waals surface area contributed by atoms with E-state index in [1.54, 1.807) is 0 Å². The van der Waals surface area contributed by atoms with Crippen LogP contribution in [-0.2, 0) is 0 Å². The van der Waals surface area contributed by atoms with Crippen molar-refractivity contribution in [3.8, 4) is 12.8 Å². The fourth-order valence-electron chi connectivity index (χ4n) is 3.04. The van der Waals surface area contributed by atoms with Gasteiger partial charge in [0.15, 0.2) is 0 Å². The molecule has 0 radical (unpaired) electrons.